The van der Waals surface area contributed by atoms with Gasteiger partial charge < -0.3 is 9.84 Å². The summed E-state index contributed by atoms with van der Waals surface area (Å²) in [6, 6.07) is 1.81. The van der Waals surface area contributed by atoms with Crippen LogP contribution in [0.15, 0.2) is 17.0 Å². The molecule has 0 heterocycles. The topological polar surface area (TPSA) is 92.7 Å². The van der Waals surface area contributed by atoms with Gasteiger partial charge in [-0.05, 0) is 43.0 Å². The highest BCUT2D eigenvalue weighted by Gasteiger charge is 2.29. The maximum absolute atomic E-state index is 12.4. The quantitative estimate of drug-likeness (QED) is 0.833. The van der Waals surface area contributed by atoms with Gasteiger partial charge in [0, 0.05) is 0 Å². The summed E-state index contributed by atoms with van der Waals surface area (Å²) in [5.41, 5.74) is 1.24. The van der Waals surface area contributed by atoms with Crippen molar-refractivity contribution in [2.45, 2.75) is 38.6 Å². The lowest BCUT2D eigenvalue weighted by Crippen LogP contribution is -2.44. The summed E-state index contributed by atoms with van der Waals surface area (Å²) < 4.78 is 32.2. The molecule has 0 aliphatic carbocycles. The van der Waals surface area contributed by atoms with Crippen LogP contribution in [0.25, 0.3) is 0 Å². The Bertz CT molecular complexity index is 637. The summed E-state index contributed by atoms with van der Waals surface area (Å²) in [7, 11) is -2.41. The van der Waals surface area contributed by atoms with Crippen LogP contribution in [0.5, 0.6) is 5.75 Å². The molecule has 1 aromatic rings. The van der Waals surface area contributed by atoms with Crippen molar-refractivity contribution in [3.63, 3.8) is 0 Å². The third-order valence-electron chi connectivity index (χ3n) is 3.41. The molecule has 118 valence electrons. The third-order valence-corrected chi connectivity index (χ3v) is 5.00. The lowest BCUT2D eigenvalue weighted by molar-refractivity contribution is -0.140. The molecule has 0 radical (unpaired) electrons. The van der Waals surface area contributed by atoms with Crippen LogP contribution in [0.2, 0.25) is 0 Å². The molecule has 0 amide bonds. The number of aliphatic carboxylic acids is 1. The molecule has 21 heavy (non-hydrogen) atoms. The zero-order chi connectivity index (χ0) is 16.4. The minimum atomic E-state index is -3.91. The Hall–Kier alpha value is -1.60. The van der Waals surface area contributed by atoms with Gasteiger partial charge in [0.2, 0.25) is 10.0 Å². The van der Waals surface area contributed by atoms with E-state index in [4.69, 9.17) is 9.84 Å². The minimum absolute atomic E-state index is 0.0627. The zero-order valence-corrected chi connectivity index (χ0v) is 13.6. The molecule has 0 saturated heterocycles. The molecule has 7 heteroatoms. The second kappa shape index (κ2) is 6.44. The monoisotopic (exact) mass is 315 g/mol. The van der Waals surface area contributed by atoms with Crippen molar-refractivity contribution in [3.8, 4) is 5.75 Å². The SMILES string of the molecule is COc1ccc(S(=O)(=O)N[C@H](C(=O)O)C(C)C)c(C)c1C. The van der Waals surface area contributed by atoms with Crippen LogP contribution >= 0.6 is 0 Å². The van der Waals surface area contributed by atoms with E-state index in [1.807, 2.05) is 0 Å². The number of carboxylic acid groups (broad SMARTS) is 1. The van der Waals surface area contributed by atoms with Crippen molar-refractivity contribution in [2.75, 3.05) is 7.11 Å². The van der Waals surface area contributed by atoms with E-state index in [0.717, 1.165) is 0 Å². The summed E-state index contributed by atoms with van der Waals surface area (Å²) in [4.78, 5) is 11.2. The van der Waals surface area contributed by atoms with Crippen LogP contribution in [0.3, 0.4) is 0 Å². The molecule has 0 bridgehead atoms. The number of hydrogen-bond donors (Lipinski definition) is 2. The van der Waals surface area contributed by atoms with Gasteiger partial charge in [0.15, 0.2) is 0 Å². The lowest BCUT2D eigenvalue weighted by Gasteiger charge is -2.19. The van der Waals surface area contributed by atoms with Gasteiger partial charge in [-0.2, -0.15) is 4.72 Å². The predicted octanol–water partition coefficient (Wildman–Crippen LogP) is 1.70. The van der Waals surface area contributed by atoms with E-state index in [1.54, 1.807) is 33.8 Å². The second-order valence-electron chi connectivity index (χ2n) is 5.20. The highest BCUT2D eigenvalue weighted by atomic mass is 32.2. The van der Waals surface area contributed by atoms with Gasteiger partial charge in [0.25, 0.3) is 0 Å². The third kappa shape index (κ3) is 3.74. The van der Waals surface area contributed by atoms with Gasteiger partial charge in [0.1, 0.15) is 11.8 Å². The number of rotatable bonds is 6. The van der Waals surface area contributed by atoms with E-state index in [9.17, 15) is 13.2 Å². The largest absolute Gasteiger partial charge is 0.496 e. The van der Waals surface area contributed by atoms with Crippen LogP contribution in [0.4, 0.5) is 0 Å². The van der Waals surface area contributed by atoms with Crippen molar-refractivity contribution >= 4 is 16.0 Å². The summed E-state index contributed by atoms with van der Waals surface area (Å²) in [6.07, 6.45) is 0. The molecule has 2 N–H and O–H groups in total. The molecule has 0 saturated carbocycles. The van der Waals surface area contributed by atoms with Crippen molar-refractivity contribution < 1.29 is 23.1 Å². The molecular formula is C14H21NO5S. The van der Waals surface area contributed by atoms with Crippen molar-refractivity contribution in [1.29, 1.82) is 0 Å². The van der Waals surface area contributed by atoms with Gasteiger partial charge in [-0.3, -0.25) is 4.79 Å². The number of benzene rings is 1. The molecule has 1 atom stereocenters. The van der Waals surface area contributed by atoms with Crippen LogP contribution in [-0.4, -0.2) is 32.6 Å². The Morgan fingerprint density at radius 3 is 2.24 bits per heavy atom. The first-order chi connectivity index (χ1) is 9.61. The van der Waals surface area contributed by atoms with Crippen molar-refractivity contribution in [3.05, 3.63) is 23.3 Å². The van der Waals surface area contributed by atoms with Gasteiger partial charge >= 0.3 is 5.97 Å². The highest BCUT2D eigenvalue weighted by Crippen LogP contribution is 2.27. The second-order valence-corrected chi connectivity index (χ2v) is 6.88. The smallest absolute Gasteiger partial charge is 0.322 e. The maximum Gasteiger partial charge on any atom is 0.322 e. The number of carboxylic acids is 1. The first kappa shape index (κ1) is 17.5. The van der Waals surface area contributed by atoms with E-state index >= 15 is 0 Å². The van der Waals surface area contributed by atoms with E-state index < -0.39 is 22.0 Å². The number of nitrogens with one attached hydrogen (secondary N) is 1. The summed E-state index contributed by atoms with van der Waals surface area (Å²) in [5.74, 6) is -0.974. The van der Waals surface area contributed by atoms with E-state index in [2.05, 4.69) is 4.72 Å². The fourth-order valence-corrected chi connectivity index (χ4v) is 3.62. The molecule has 1 rings (SSSR count). The molecule has 0 fully saturated rings. The van der Waals surface area contributed by atoms with E-state index in [0.29, 0.717) is 16.9 Å². The number of hydrogen-bond acceptors (Lipinski definition) is 4. The predicted molar refractivity (Wildman–Crippen MR) is 79.1 cm³/mol. The van der Waals surface area contributed by atoms with Gasteiger partial charge in [-0.1, -0.05) is 13.8 Å². The average Bonchev–Trinajstić information content (AvgIpc) is 2.38. The van der Waals surface area contributed by atoms with Crippen LogP contribution in [0, 0.1) is 19.8 Å². The molecular weight excluding hydrogens is 294 g/mol. The Balaban J connectivity index is 3.26. The number of sulfonamides is 1. The van der Waals surface area contributed by atoms with Gasteiger partial charge in [-0.25, -0.2) is 8.42 Å². The summed E-state index contributed by atoms with van der Waals surface area (Å²) in [5, 5.41) is 9.11. The van der Waals surface area contributed by atoms with Crippen LogP contribution in [0.1, 0.15) is 25.0 Å². The molecule has 6 nitrogen and oxygen atoms in total. The van der Waals surface area contributed by atoms with Gasteiger partial charge in [-0.15, -0.1) is 0 Å². The lowest BCUT2D eigenvalue weighted by atomic mass is 10.1. The fourth-order valence-electron chi connectivity index (χ4n) is 1.99. The molecule has 0 aliphatic rings. The van der Waals surface area contributed by atoms with Gasteiger partial charge in [0.05, 0.1) is 12.0 Å². The number of methoxy groups -OCH3 is 1. The van der Waals surface area contributed by atoms with Crippen molar-refractivity contribution in [1.82, 2.24) is 4.72 Å². The Labute approximate surface area is 125 Å². The molecule has 0 unspecified atom stereocenters. The Morgan fingerprint density at radius 1 is 1.24 bits per heavy atom. The molecule has 0 aromatic heterocycles. The normalized spacial score (nSPS) is 13.2. The van der Waals surface area contributed by atoms with Crippen LogP contribution < -0.4 is 9.46 Å². The molecule has 0 spiro atoms. The van der Waals surface area contributed by atoms with E-state index in [1.165, 1.54) is 13.2 Å². The maximum atomic E-state index is 12.4. The number of carbonyl (C=O) groups is 1. The summed E-state index contributed by atoms with van der Waals surface area (Å²) in [6.45, 7) is 6.71. The zero-order valence-electron chi connectivity index (χ0n) is 12.8. The minimum Gasteiger partial charge on any atom is -0.496 e. The molecule has 1 aromatic carbocycles. The molecule has 0 aliphatic heterocycles. The first-order valence-electron chi connectivity index (χ1n) is 6.51. The Kier molecular flexibility index (Phi) is 5.36. The Morgan fingerprint density at radius 2 is 1.81 bits per heavy atom. The van der Waals surface area contributed by atoms with E-state index in [-0.39, 0.29) is 10.8 Å². The highest BCUT2D eigenvalue weighted by molar-refractivity contribution is 7.89. The number of ether oxygens (including phenoxy) is 1. The standard InChI is InChI=1S/C14H21NO5S/c1-8(2)13(14(16)17)15-21(18,19)12-7-6-11(20-5)9(3)10(12)4/h6-8,13,15H,1-5H3,(H,16,17)/t13-/m0/s1. The fraction of sp³-hybridized carbons (Fsp3) is 0.500. The average molecular weight is 315 g/mol. The van der Waals surface area contributed by atoms with Crippen molar-refractivity contribution in [2.24, 2.45) is 5.92 Å². The first-order valence-corrected chi connectivity index (χ1v) is 7.99. The summed E-state index contributed by atoms with van der Waals surface area (Å²) >= 11 is 0. The van der Waals surface area contributed by atoms with Crippen LogP contribution in [-0.2, 0) is 14.8 Å².